The number of aryl methyl sites for hydroxylation is 1. The lowest BCUT2D eigenvalue weighted by Gasteiger charge is -2.11. The fourth-order valence-corrected chi connectivity index (χ4v) is 1.46. The molecule has 1 aromatic carbocycles. The van der Waals surface area contributed by atoms with Gasteiger partial charge in [-0.25, -0.2) is 5.90 Å². The number of hydrogen-bond acceptors (Lipinski definition) is 2. The first-order valence-corrected chi connectivity index (χ1v) is 5.02. The second-order valence-corrected chi connectivity index (χ2v) is 4.10. The minimum Gasteiger partial charge on any atom is -0.304 e. The van der Waals surface area contributed by atoms with Crippen molar-refractivity contribution in [3.8, 4) is 0 Å². The van der Waals surface area contributed by atoms with Crippen LogP contribution in [0.15, 0.2) is 22.7 Å². The molecule has 0 aliphatic carbocycles. The Bertz CT molecular complexity index is 288. The molecule has 0 amide bonds. The van der Waals surface area contributed by atoms with Crippen molar-refractivity contribution in [2.75, 3.05) is 6.61 Å². The summed E-state index contributed by atoms with van der Waals surface area (Å²) in [4.78, 5) is 4.62. The molecule has 0 heterocycles. The van der Waals surface area contributed by atoms with E-state index in [4.69, 9.17) is 5.90 Å². The first-order valence-electron chi connectivity index (χ1n) is 4.23. The molecule has 0 saturated carbocycles. The van der Waals surface area contributed by atoms with Gasteiger partial charge in [-0.3, -0.25) is 0 Å². The van der Waals surface area contributed by atoms with Crippen LogP contribution in [0.25, 0.3) is 0 Å². The second-order valence-electron chi connectivity index (χ2n) is 3.24. The molecule has 2 N–H and O–H groups in total. The zero-order chi connectivity index (χ0) is 9.84. The second kappa shape index (κ2) is 4.74. The molecule has 1 rings (SSSR count). The van der Waals surface area contributed by atoms with Crippen molar-refractivity contribution in [3.05, 3.63) is 33.8 Å². The molecule has 0 fully saturated rings. The summed E-state index contributed by atoms with van der Waals surface area (Å²) in [5, 5.41) is 0. The Labute approximate surface area is 87.2 Å². The molecule has 0 spiro atoms. The van der Waals surface area contributed by atoms with Crippen molar-refractivity contribution < 1.29 is 4.84 Å². The van der Waals surface area contributed by atoms with Gasteiger partial charge in [-0.2, -0.15) is 0 Å². The number of benzene rings is 1. The lowest BCUT2D eigenvalue weighted by Crippen LogP contribution is -2.08. The lowest BCUT2D eigenvalue weighted by atomic mass is 10.0. The molecule has 1 aromatic rings. The average molecular weight is 244 g/mol. The highest BCUT2D eigenvalue weighted by molar-refractivity contribution is 9.10. The van der Waals surface area contributed by atoms with E-state index in [2.05, 4.69) is 52.8 Å². The standard InChI is InChI=1S/C10H14BrNO/c1-7-5-9(3-4-10(7)11)8(2)6-13-12/h3-5,8H,6,12H2,1-2H3. The Morgan fingerprint density at radius 2 is 2.23 bits per heavy atom. The van der Waals surface area contributed by atoms with Crippen LogP contribution in [0, 0.1) is 6.92 Å². The van der Waals surface area contributed by atoms with Gasteiger partial charge in [-0.05, 0) is 24.1 Å². The zero-order valence-electron chi connectivity index (χ0n) is 7.88. The highest BCUT2D eigenvalue weighted by Crippen LogP contribution is 2.22. The summed E-state index contributed by atoms with van der Waals surface area (Å²) < 4.78 is 1.14. The van der Waals surface area contributed by atoms with Gasteiger partial charge in [0.15, 0.2) is 0 Å². The van der Waals surface area contributed by atoms with E-state index in [0.29, 0.717) is 12.5 Å². The topological polar surface area (TPSA) is 35.2 Å². The third-order valence-corrected chi connectivity index (χ3v) is 2.99. The van der Waals surface area contributed by atoms with Gasteiger partial charge >= 0.3 is 0 Å². The van der Waals surface area contributed by atoms with Crippen molar-refractivity contribution >= 4 is 15.9 Å². The van der Waals surface area contributed by atoms with Gasteiger partial charge in [0, 0.05) is 10.4 Å². The van der Waals surface area contributed by atoms with Crippen LogP contribution in [-0.4, -0.2) is 6.61 Å². The first kappa shape index (κ1) is 10.7. The van der Waals surface area contributed by atoms with Crippen molar-refractivity contribution in [2.24, 2.45) is 5.90 Å². The van der Waals surface area contributed by atoms with E-state index in [-0.39, 0.29) is 0 Å². The molecule has 0 aliphatic rings. The largest absolute Gasteiger partial charge is 0.304 e. The van der Waals surface area contributed by atoms with Crippen LogP contribution in [0.3, 0.4) is 0 Å². The Balaban J connectivity index is 2.84. The maximum absolute atomic E-state index is 5.03. The van der Waals surface area contributed by atoms with Crippen molar-refractivity contribution in [3.63, 3.8) is 0 Å². The van der Waals surface area contributed by atoms with Gasteiger partial charge in [0.1, 0.15) is 0 Å². The molecule has 1 atom stereocenters. The molecule has 1 unspecified atom stereocenters. The summed E-state index contributed by atoms with van der Waals surface area (Å²) in [6.45, 7) is 4.72. The monoisotopic (exact) mass is 243 g/mol. The Morgan fingerprint density at radius 3 is 2.77 bits per heavy atom. The number of hydrogen-bond donors (Lipinski definition) is 1. The summed E-state index contributed by atoms with van der Waals surface area (Å²) in [6.07, 6.45) is 0. The van der Waals surface area contributed by atoms with Crippen LogP contribution in [0.4, 0.5) is 0 Å². The third kappa shape index (κ3) is 2.79. The van der Waals surface area contributed by atoms with Gasteiger partial charge in [0.25, 0.3) is 0 Å². The molecule has 0 aliphatic heterocycles. The van der Waals surface area contributed by atoms with Gasteiger partial charge in [-0.15, -0.1) is 0 Å². The summed E-state index contributed by atoms with van der Waals surface area (Å²) >= 11 is 3.46. The minimum atomic E-state index is 0.344. The van der Waals surface area contributed by atoms with Crippen molar-refractivity contribution in [2.45, 2.75) is 19.8 Å². The average Bonchev–Trinajstić information content (AvgIpc) is 2.10. The molecule has 0 radical (unpaired) electrons. The molecule has 13 heavy (non-hydrogen) atoms. The van der Waals surface area contributed by atoms with E-state index in [9.17, 15) is 0 Å². The van der Waals surface area contributed by atoms with E-state index in [1.807, 2.05) is 0 Å². The number of rotatable bonds is 3. The van der Waals surface area contributed by atoms with Crippen LogP contribution in [-0.2, 0) is 4.84 Å². The van der Waals surface area contributed by atoms with E-state index < -0.39 is 0 Å². The Kier molecular flexibility index (Phi) is 3.90. The fourth-order valence-electron chi connectivity index (χ4n) is 1.21. The van der Waals surface area contributed by atoms with Gasteiger partial charge in [0.2, 0.25) is 0 Å². The molecular weight excluding hydrogens is 230 g/mol. The molecule has 3 heteroatoms. The predicted molar refractivity (Wildman–Crippen MR) is 57.4 cm³/mol. The first-order chi connectivity index (χ1) is 6.15. The van der Waals surface area contributed by atoms with Gasteiger partial charge in [-0.1, -0.05) is 35.0 Å². The number of halogens is 1. The van der Waals surface area contributed by atoms with E-state index in [1.165, 1.54) is 11.1 Å². The van der Waals surface area contributed by atoms with Gasteiger partial charge in [0.05, 0.1) is 6.61 Å². The quantitative estimate of drug-likeness (QED) is 0.829. The summed E-state index contributed by atoms with van der Waals surface area (Å²) in [5.74, 6) is 5.37. The normalized spacial score (nSPS) is 12.9. The smallest absolute Gasteiger partial charge is 0.0745 e. The maximum Gasteiger partial charge on any atom is 0.0745 e. The zero-order valence-corrected chi connectivity index (χ0v) is 9.47. The van der Waals surface area contributed by atoms with E-state index in [0.717, 1.165) is 4.47 Å². The molecule has 2 nitrogen and oxygen atoms in total. The summed E-state index contributed by atoms with van der Waals surface area (Å²) in [6, 6.07) is 6.28. The third-order valence-electron chi connectivity index (χ3n) is 2.10. The Hall–Kier alpha value is -0.380. The maximum atomic E-state index is 5.03. The van der Waals surface area contributed by atoms with Crippen LogP contribution >= 0.6 is 15.9 Å². The van der Waals surface area contributed by atoms with Crippen molar-refractivity contribution in [1.82, 2.24) is 0 Å². The van der Waals surface area contributed by atoms with Gasteiger partial charge < -0.3 is 4.84 Å². The van der Waals surface area contributed by atoms with E-state index in [1.54, 1.807) is 0 Å². The molecular formula is C10H14BrNO. The highest BCUT2D eigenvalue weighted by atomic mass is 79.9. The minimum absolute atomic E-state index is 0.344. The molecule has 72 valence electrons. The Morgan fingerprint density at radius 1 is 1.54 bits per heavy atom. The lowest BCUT2D eigenvalue weighted by molar-refractivity contribution is 0.126. The van der Waals surface area contributed by atoms with Crippen LogP contribution in [0.5, 0.6) is 0 Å². The van der Waals surface area contributed by atoms with E-state index >= 15 is 0 Å². The van der Waals surface area contributed by atoms with Crippen LogP contribution < -0.4 is 5.90 Å². The molecule has 0 saturated heterocycles. The highest BCUT2D eigenvalue weighted by Gasteiger charge is 2.06. The predicted octanol–water partition coefficient (Wildman–Crippen LogP) is 2.75. The van der Waals surface area contributed by atoms with Crippen molar-refractivity contribution in [1.29, 1.82) is 0 Å². The molecule has 0 bridgehead atoms. The molecule has 0 aromatic heterocycles. The number of nitrogens with two attached hydrogens (primary N) is 1. The van der Waals surface area contributed by atoms with Crippen LogP contribution in [0.1, 0.15) is 24.0 Å². The SMILES string of the molecule is Cc1cc(C(C)CON)ccc1Br. The fraction of sp³-hybridized carbons (Fsp3) is 0.400. The van der Waals surface area contributed by atoms with Crippen LogP contribution in [0.2, 0.25) is 0 Å². The summed E-state index contributed by atoms with van der Waals surface area (Å²) in [5.41, 5.74) is 2.49. The summed E-state index contributed by atoms with van der Waals surface area (Å²) in [7, 11) is 0.